The Morgan fingerprint density at radius 2 is 1.47 bits per heavy atom. The lowest BCUT2D eigenvalue weighted by Gasteiger charge is -2.35. The van der Waals surface area contributed by atoms with E-state index in [4.69, 9.17) is 9.47 Å². The van der Waals surface area contributed by atoms with E-state index in [0.29, 0.717) is 24.5 Å². The van der Waals surface area contributed by atoms with Gasteiger partial charge in [-0.25, -0.2) is 13.4 Å². The third kappa shape index (κ3) is 11.9. The molecule has 1 aromatic heterocycles. The number of aromatic hydroxyl groups is 2. The molecule has 3 amide bonds. The van der Waals surface area contributed by atoms with Gasteiger partial charge in [0.25, 0.3) is 0 Å². The minimum Gasteiger partial charge on any atom is -0.508 e. The third-order valence-electron chi connectivity index (χ3n) is 14.1. The van der Waals surface area contributed by atoms with Gasteiger partial charge in [-0.1, -0.05) is 82.1 Å². The minimum atomic E-state index is -3.92. The van der Waals surface area contributed by atoms with E-state index < -0.39 is 57.0 Å². The number of carbonyl (C=O) groups excluding carboxylic acids is 3. The fourth-order valence-corrected chi connectivity index (χ4v) is 13.0. The number of thiazole rings is 1. The number of aromatic nitrogens is 1. The summed E-state index contributed by atoms with van der Waals surface area (Å²) < 4.78 is 42.8. The Morgan fingerprint density at radius 3 is 2.07 bits per heavy atom. The van der Waals surface area contributed by atoms with Crippen LogP contribution in [0.15, 0.2) is 103 Å². The molecule has 388 valence electrons. The number of aliphatic hydroxyl groups is 1. The maximum atomic E-state index is 14.5. The highest BCUT2D eigenvalue weighted by molar-refractivity contribution is 7.93. The topological polar surface area (TPSA) is 208 Å². The molecule has 3 aliphatic heterocycles. The number of rotatable bonds is 20. The maximum absolute atomic E-state index is 14.5. The summed E-state index contributed by atoms with van der Waals surface area (Å²) >= 11 is 1.57. The van der Waals surface area contributed by atoms with Crippen molar-refractivity contribution >= 4 is 55.9 Å². The molecule has 15 nitrogen and oxygen atoms in total. The van der Waals surface area contributed by atoms with Crippen molar-refractivity contribution in [1.82, 2.24) is 20.5 Å². The minimum absolute atomic E-state index is 0.00723. The zero-order valence-corrected chi connectivity index (χ0v) is 43.9. The van der Waals surface area contributed by atoms with Crippen LogP contribution in [0.3, 0.4) is 0 Å². The number of amides is 3. The number of anilines is 1. The maximum Gasteiger partial charge on any atom is 0.246 e. The SMILES string of the molecule is CCN(c1ccc(OCCCCCCC(=O)N[C@H](C(=O)N2C[C@H](O)C[C@H]2C(=O)N[C@@H](C)c2ccc(-c3scnc3C)cc2)C(C)(C)C)cc1)S(=O)(=O)C1CC2OC1C(c1ccc(O)cc1)=C2c1ccc(O)cc1. The number of ether oxygens (including phenoxy) is 2. The zero-order chi connectivity index (χ0) is 52.2. The number of hydrogen-bond donors (Lipinski definition) is 5. The number of fused-ring (bicyclic) bond motifs is 2. The van der Waals surface area contributed by atoms with E-state index in [9.17, 15) is 38.1 Å². The van der Waals surface area contributed by atoms with Gasteiger partial charge in [-0.15, -0.1) is 11.3 Å². The van der Waals surface area contributed by atoms with Gasteiger partial charge in [0.05, 0.1) is 46.6 Å². The van der Waals surface area contributed by atoms with Gasteiger partial charge >= 0.3 is 0 Å². The van der Waals surface area contributed by atoms with Crippen molar-refractivity contribution in [3.05, 3.63) is 125 Å². The third-order valence-corrected chi connectivity index (χ3v) is 17.3. The average Bonchev–Trinajstić information content (AvgIpc) is 4.18. The van der Waals surface area contributed by atoms with Gasteiger partial charge in [0.2, 0.25) is 27.7 Å². The molecule has 4 aromatic carbocycles. The highest BCUT2D eigenvalue weighted by Crippen LogP contribution is 2.51. The lowest BCUT2D eigenvalue weighted by atomic mass is 9.83. The molecule has 2 fully saturated rings. The van der Waals surface area contributed by atoms with Crippen molar-refractivity contribution in [2.75, 3.05) is 24.0 Å². The van der Waals surface area contributed by atoms with Crippen LogP contribution >= 0.6 is 11.3 Å². The average molecular weight is 1030 g/mol. The second-order valence-corrected chi connectivity index (χ2v) is 23.3. The lowest BCUT2D eigenvalue weighted by molar-refractivity contribution is -0.144. The first-order chi connectivity index (χ1) is 34.8. The van der Waals surface area contributed by atoms with Crippen LogP contribution in [0.1, 0.15) is 108 Å². The Bertz CT molecular complexity index is 2880. The number of benzene rings is 4. The van der Waals surface area contributed by atoms with Crippen LogP contribution in [-0.2, 0) is 29.1 Å². The molecule has 2 saturated heterocycles. The Kier molecular flexibility index (Phi) is 16.3. The molecule has 0 spiro atoms. The molecule has 3 aliphatic rings. The fraction of sp³-hybridized carbons (Fsp3) is 0.429. The summed E-state index contributed by atoms with van der Waals surface area (Å²) in [6, 6.07) is 26.3. The molecule has 5 N–H and O–H groups in total. The summed E-state index contributed by atoms with van der Waals surface area (Å²) in [5.74, 6) is -0.208. The van der Waals surface area contributed by atoms with Crippen molar-refractivity contribution < 1.29 is 47.6 Å². The van der Waals surface area contributed by atoms with Crippen LogP contribution < -0.4 is 19.7 Å². The summed E-state index contributed by atoms with van der Waals surface area (Å²) in [7, 11) is -3.92. The number of unbranched alkanes of at least 4 members (excludes halogenated alkanes) is 3. The molecule has 3 unspecified atom stereocenters. The summed E-state index contributed by atoms with van der Waals surface area (Å²) in [5.41, 5.74) is 7.78. The smallest absolute Gasteiger partial charge is 0.246 e. The standard InChI is InChI=1S/C56H67N5O10S2/c1-7-61(73(68,69)47-31-46-49(37-17-23-41(62)24-18-37)50(51(47)71-46)38-19-25-42(63)26-20-38)40-21-27-44(28-22-40)70-29-11-9-8-10-12-48(65)59-53(56(4,5)6)55(67)60-32-43(64)30-45(60)54(66)58-34(2)36-13-15-39(16-14-36)52-35(3)57-33-72-52/h13-28,33-34,43,45-47,51,53,62-64H,7-12,29-32H2,1-6H3,(H,58,66)(H,59,65)/t34-,43+,45-,46?,47?,51?,53+/m0/s1. The van der Waals surface area contributed by atoms with E-state index in [1.54, 1.807) is 91.1 Å². The van der Waals surface area contributed by atoms with E-state index in [1.807, 2.05) is 64.4 Å². The van der Waals surface area contributed by atoms with Gasteiger partial charge in [0.1, 0.15) is 40.7 Å². The number of β-amino-alcohol motifs (C(OH)–C–C–N with tert-alkyl or cyclic N) is 1. The number of aliphatic hydroxyl groups excluding tert-OH is 1. The van der Waals surface area contributed by atoms with E-state index in [2.05, 4.69) is 15.6 Å². The molecule has 0 saturated carbocycles. The molecule has 17 heteroatoms. The number of likely N-dealkylation sites (tertiary alicyclic amines) is 1. The number of hydrogen-bond acceptors (Lipinski definition) is 12. The van der Waals surface area contributed by atoms with Gasteiger partial charge in [-0.2, -0.15) is 0 Å². The molecule has 73 heavy (non-hydrogen) atoms. The quantitative estimate of drug-likeness (QED) is 0.0467. The van der Waals surface area contributed by atoms with Crippen LogP contribution in [0.4, 0.5) is 5.69 Å². The van der Waals surface area contributed by atoms with Crippen LogP contribution in [0.5, 0.6) is 17.2 Å². The molecule has 0 radical (unpaired) electrons. The van der Waals surface area contributed by atoms with Crippen molar-refractivity contribution in [1.29, 1.82) is 0 Å². The molecule has 5 aromatic rings. The number of nitrogens with zero attached hydrogens (tertiary/aromatic N) is 3. The highest BCUT2D eigenvalue weighted by atomic mass is 32.2. The fourth-order valence-electron chi connectivity index (χ4n) is 10.2. The predicted octanol–water partition coefficient (Wildman–Crippen LogP) is 8.54. The van der Waals surface area contributed by atoms with E-state index in [1.165, 1.54) is 9.21 Å². The normalized spacial score (nSPS) is 20.5. The molecule has 2 bridgehead atoms. The van der Waals surface area contributed by atoms with Crippen LogP contribution in [0, 0.1) is 12.3 Å². The molecular formula is C56H67N5O10S2. The number of sulfonamides is 1. The van der Waals surface area contributed by atoms with Gasteiger partial charge in [0, 0.05) is 25.9 Å². The van der Waals surface area contributed by atoms with E-state index >= 15 is 0 Å². The number of carbonyl (C=O) groups is 3. The van der Waals surface area contributed by atoms with Gasteiger partial charge in [-0.05, 0) is 127 Å². The summed E-state index contributed by atoms with van der Waals surface area (Å²) in [5, 5.41) is 35.8. The Morgan fingerprint density at radius 1 is 0.849 bits per heavy atom. The van der Waals surface area contributed by atoms with Crippen LogP contribution in [0.25, 0.3) is 21.6 Å². The molecule has 0 aliphatic carbocycles. The predicted molar refractivity (Wildman–Crippen MR) is 283 cm³/mol. The van der Waals surface area contributed by atoms with E-state index in [-0.39, 0.29) is 61.7 Å². The summed E-state index contributed by atoms with van der Waals surface area (Å²) in [4.78, 5) is 48.0. The van der Waals surface area contributed by atoms with Gasteiger partial charge in [0.15, 0.2) is 0 Å². The number of phenolic OH excluding ortho intramolecular Hbond substituents is 2. The van der Waals surface area contributed by atoms with Gasteiger partial charge < -0.3 is 40.3 Å². The first-order valence-electron chi connectivity index (χ1n) is 25.2. The Hall–Kier alpha value is -6.27. The molecule has 8 rings (SSSR count). The highest BCUT2D eigenvalue weighted by Gasteiger charge is 2.54. The second-order valence-electron chi connectivity index (χ2n) is 20.3. The van der Waals surface area contributed by atoms with Crippen molar-refractivity contribution in [2.24, 2.45) is 5.41 Å². The monoisotopic (exact) mass is 1030 g/mol. The largest absolute Gasteiger partial charge is 0.508 e. The molecular weight excluding hydrogens is 967 g/mol. The summed E-state index contributed by atoms with van der Waals surface area (Å²) in [6.45, 7) is 11.9. The summed E-state index contributed by atoms with van der Waals surface area (Å²) in [6.07, 6.45) is 1.37. The zero-order valence-electron chi connectivity index (χ0n) is 42.3. The Labute approximate surface area is 432 Å². The van der Waals surface area contributed by atoms with Gasteiger partial charge in [-0.3, -0.25) is 18.7 Å². The van der Waals surface area contributed by atoms with Crippen molar-refractivity contribution in [3.8, 4) is 27.7 Å². The second kappa shape index (κ2) is 22.5. The number of phenols is 2. The lowest BCUT2D eigenvalue weighted by Crippen LogP contribution is -2.57. The van der Waals surface area contributed by atoms with Crippen LogP contribution in [-0.4, -0.2) is 107 Å². The molecule has 7 atom stereocenters. The number of aryl methyl sites for hydroxylation is 1. The van der Waals surface area contributed by atoms with Crippen LogP contribution in [0.2, 0.25) is 0 Å². The number of nitrogens with one attached hydrogen (secondary N) is 2. The molecule has 4 heterocycles. The first-order valence-corrected chi connectivity index (χ1v) is 27.5. The van der Waals surface area contributed by atoms with Crippen molar-refractivity contribution in [3.63, 3.8) is 0 Å². The first kappa shape index (κ1) is 53.0. The van der Waals surface area contributed by atoms with E-state index in [0.717, 1.165) is 63.2 Å². The van der Waals surface area contributed by atoms with Crippen molar-refractivity contribution in [2.45, 2.75) is 128 Å². The Balaban J connectivity index is 0.791.